The lowest BCUT2D eigenvalue weighted by atomic mass is 10.1. The highest BCUT2D eigenvalue weighted by Crippen LogP contribution is 2.24. The fraction of sp³-hybridized carbons (Fsp3) is 0.333. The van der Waals surface area contributed by atoms with Crippen LogP contribution < -0.4 is 4.74 Å². The molecule has 14 heavy (non-hydrogen) atoms. The van der Waals surface area contributed by atoms with Crippen molar-refractivity contribution < 1.29 is 18.3 Å². The molecule has 0 aliphatic heterocycles. The molecule has 0 aromatic carbocycles. The minimum Gasteiger partial charge on any atom is -0.481 e. The van der Waals surface area contributed by atoms with Crippen molar-refractivity contribution >= 4 is 6.29 Å². The second-order valence-corrected chi connectivity index (χ2v) is 2.69. The van der Waals surface area contributed by atoms with Gasteiger partial charge >= 0.3 is 0 Å². The lowest BCUT2D eigenvalue weighted by molar-refractivity contribution is 0.112. The van der Waals surface area contributed by atoms with E-state index in [0.29, 0.717) is 11.8 Å². The number of hydrogen-bond acceptors (Lipinski definition) is 3. The fourth-order valence-electron chi connectivity index (χ4n) is 1.06. The van der Waals surface area contributed by atoms with Crippen molar-refractivity contribution in [1.29, 1.82) is 0 Å². The van der Waals surface area contributed by atoms with Gasteiger partial charge in [-0.15, -0.1) is 0 Å². The van der Waals surface area contributed by atoms with Crippen LogP contribution in [0, 0.1) is 6.92 Å². The van der Waals surface area contributed by atoms with Crippen LogP contribution in [0.5, 0.6) is 5.88 Å². The smallest absolute Gasteiger partial charge is 0.280 e. The molecule has 1 aromatic heterocycles. The summed E-state index contributed by atoms with van der Waals surface area (Å²) in [6, 6.07) is 1.06. The Morgan fingerprint density at radius 1 is 1.57 bits per heavy atom. The Labute approximate surface area is 79.7 Å². The largest absolute Gasteiger partial charge is 0.481 e. The maximum absolute atomic E-state index is 12.3. The molecule has 0 aliphatic carbocycles. The Kier molecular flexibility index (Phi) is 3.11. The van der Waals surface area contributed by atoms with Crippen molar-refractivity contribution in [3.05, 3.63) is 22.9 Å². The molecule has 0 radical (unpaired) electrons. The molecular weight excluding hydrogens is 192 g/mol. The number of nitrogens with zero attached hydrogens (tertiary/aromatic N) is 1. The topological polar surface area (TPSA) is 39.2 Å². The third-order valence-electron chi connectivity index (χ3n) is 1.83. The molecule has 76 valence electrons. The zero-order chi connectivity index (χ0) is 10.7. The minimum absolute atomic E-state index is 0.0601. The Morgan fingerprint density at radius 3 is 2.64 bits per heavy atom. The first-order valence-electron chi connectivity index (χ1n) is 3.89. The molecule has 1 rings (SSSR count). The van der Waals surface area contributed by atoms with Gasteiger partial charge in [0, 0.05) is 11.1 Å². The Hall–Kier alpha value is -1.52. The van der Waals surface area contributed by atoms with E-state index in [1.54, 1.807) is 6.92 Å². The summed E-state index contributed by atoms with van der Waals surface area (Å²) in [6.07, 6.45) is -2.20. The van der Waals surface area contributed by atoms with Crippen molar-refractivity contribution in [3.8, 4) is 5.88 Å². The van der Waals surface area contributed by atoms with Crippen LogP contribution in [0.2, 0.25) is 0 Å². The summed E-state index contributed by atoms with van der Waals surface area (Å²) in [5.41, 5.74) is 0.189. The Morgan fingerprint density at radius 2 is 2.21 bits per heavy atom. The first-order valence-corrected chi connectivity index (χ1v) is 3.89. The number of methoxy groups -OCH3 is 1. The van der Waals surface area contributed by atoms with Crippen molar-refractivity contribution in [2.45, 2.75) is 13.3 Å². The van der Waals surface area contributed by atoms with Crippen LogP contribution in [0.25, 0.3) is 0 Å². The van der Waals surface area contributed by atoms with E-state index in [9.17, 15) is 13.6 Å². The van der Waals surface area contributed by atoms with Crippen LogP contribution in [-0.2, 0) is 0 Å². The summed E-state index contributed by atoms with van der Waals surface area (Å²) in [5.74, 6) is 0.0601. The van der Waals surface area contributed by atoms with Gasteiger partial charge in [-0.2, -0.15) is 0 Å². The second-order valence-electron chi connectivity index (χ2n) is 2.69. The molecule has 5 heteroatoms. The molecule has 1 aromatic rings. The number of aromatic nitrogens is 1. The monoisotopic (exact) mass is 201 g/mol. The van der Waals surface area contributed by atoms with Gasteiger partial charge in [0.15, 0.2) is 6.29 Å². The number of halogens is 2. The van der Waals surface area contributed by atoms with Crippen molar-refractivity contribution in [1.82, 2.24) is 4.98 Å². The SMILES string of the molecule is COc1nc(C(F)F)cc(C=O)c1C. The first kappa shape index (κ1) is 10.6. The predicted molar refractivity (Wildman–Crippen MR) is 45.9 cm³/mol. The summed E-state index contributed by atoms with van der Waals surface area (Å²) < 4.78 is 29.4. The van der Waals surface area contributed by atoms with Crippen LogP contribution in [-0.4, -0.2) is 18.4 Å². The summed E-state index contributed by atoms with van der Waals surface area (Å²) >= 11 is 0. The third-order valence-corrected chi connectivity index (χ3v) is 1.83. The molecule has 0 N–H and O–H groups in total. The molecule has 0 atom stereocenters. The van der Waals surface area contributed by atoms with Gasteiger partial charge in [-0.3, -0.25) is 4.79 Å². The standard InChI is InChI=1S/C9H9F2NO2/c1-5-6(4-13)3-7(8(10)11)12-9(5)14-2/h3-4,8H,1-2H3. The molecule has 0 aliphatic rings. The lowest BCUT2D eigenvalue weighted by Gasteiger charge is -2.08. The van der Waals surface area contributed by atoms with Gasteiger partial charge in [-0.05, 0) is 13.0 Å². The van der Waals surface area contributed by atoms with E-state index in [1.807, 2.05) is 0 Å². The molecule has 0 bridgehead atoms. The highest BCUT2D eigenvalue weighted by Gasteiger charge is 2.15. The van der Waals surface area contributed by atoms with E-state index < -0.39 is 12.1 Å². The Balaban J connectivity index is 3.31. The summed E-state index contributed by atoms with van der Waals surface area (Å²) in [6.45, 7) is 1.59. The van der Waals surface area contributed by atoms with Gasteiger partial charge < -0.3 is 4.74 Å². The van der Waals surface area contributed by atoms with Crippen molar-refractivity contribution in [2.24, 2.45) is 0 Å². The number of alkyl halides is 2. The average Bonchev–Trinajstić information content (AvgIpc) is 2.17. The van der Waals surface area contributed by atoms with Crippen LogP contribution in [0.1, 0.15) is 28.0 Å². The fourth-order valence-corrected chi connectivity index (χ4v) is 1.06. The van der Waals surface area contributed by atoms with E-state index in [2.05, 4.69) is 4.98 Å². The van der Waals surface area contributed by atoms with Crippen molar-refractivity contribution in [3.63, 3.8) is 0 Å². The van der Waals surface area contributed by atoms with Gasteiger partial charge in [0.2, 0.25) is 5.88 Å². The van der Waals surface area contributed by atoms with Crippen LogP contribution >= 0.6 is 0 Å². The normalized spacial score (nSPS) is 10.4. The molecule has 0 spiro atoms. The van der Waals surface area contributed by atoms with E-state index in [-0.39, 0.29) is 11.4 Å². The van der Waals surface area contributed by atoms with Gasteiger partial charge in [-0.1, -0.05) is 0 Å². The number of aldehydes is 1. The average molecular weight is 201 g/mol. The molecule has 0 unspecified atom stereocenters. The zero-order valence-electron chi connectivity index (χ0n) is 7.75. The van der Waals surface area contributed by atoms with Crippen molar-refractivity contribution in [2.75, 3.05) is 7.11 Å². The van der Waals surface area contributed by atoms with Gasteiger partial charge in [0.1, 0.15) is 5.69 Å². The second kappa shape index (κ2) is 4.13. The number of pyridine rings is 1. The summed E-state index contributed by atoms with van der Waals surface area (Å²) in [7, 11) is 1.32. The Bertz CT molecular complexity index is 353. The predicted octanol–water partition coefficient (Wildman–Crippen LogP) is 2.15. The molecule has 3 nitrogen and oxygen atoms in total. The molecular formula is C9H9F2NO2. The molecule has 0 saturated heterocycles. The van der Waals surface area contributed by atoms with E-state index in [1.165, 1.54) is 7.11 Å². The highest BCUT2D eigenvalue weighted by atomic mass is 19.3. The highest BCUT2D eigenvalue weighted by molar-refractivity contribution is 5.78. The maximum Gasteiger partial charge on any atom is 0.280 e. The molecule has 0 fully saturated rings. The number of carbonyl (C=O) groups is 1. The maximum atomic E-state index is 12.3. The number of rotatable bonds is 3. The number of carbonyl (C=O) groups excluding carboxylic acids is 1. The van der Waals surface area contributed by atoms with Gasteiger partial charge in [0.25, 0.3) is 6.43 Å². The van der Waals surface area contributed by atoms with Gasteiger partial charge in [-0.25, -0.2) is 13.8 Å². The third kappa shape index (κ3) is 1.86. The minimum atomic E-state index is -2.71. The van der Waals surface area contributed by atoms with Crippen LogP contribution in [0.4, 0.5) is 8.78 Å². The molecule has 1 heterocycles. The zero-order valence-corrected chi connectivity index (χ0v) is 7.75. The summed E-state index contributed by atoms with van der Waals surface area (Å²) in [5, 5.41) is 0. The number of hydrogen-bond donors (Lipinski definition) is 0. The quantitative estimate of drug-likeness (QED) is 0.703. The molecule has 0 saturated carbocycles. The first-order chi connectivity index (χ1) is 6.60. The summed E-state index contributed by atoms with van der Waals surface area (Å²) in [4.78, 5) is 14.1. The van der Waals surface area contributed by atoms with E-state index in [0.717, 1.165) is 6.07 Å². The van der Waals surface area contributed by atoms with Gasteiger partial charge in [0.05, 0.1) is 7.11 Å². The molecule has 0 amide bonds. The van der Waals surface area contributed by atoms with Crippen LogP contribution in [0.15, 0.2) is 6.07 Å². The lowest BCUT2D eigenvalue weighted by Crippen LogP contribution is -2.00. The van der Waals surface area contributed by atoms with E-state index >= 15 is 0 Å². The van der Waals surface area contributed by atoms with Crippen LogP contribution in [0.3, 0.4) is 0 Å². The number of ether oxygens (including phenoxy) is 1. The van der Waals surface area contributed by atoms with E-state index in [4.69, 9.17) is 4.74 Å².